The van der Waals surface area contributed by atoms with Gasteiger partial charge in [-0.15, -0.1) is 11.3 Å². The number of para-hydroxylation sites is 1. The van der Waals surface area contributed by atoms with Gasteiger partial charge in [0.25, 0.3) is 5.91 Å². The molecule has 34 heavy (non-hydrogen) atoms. The van der Waals surface area contributed by atoms with Gasteiger partial charge in [-0.1, -0.05) is 41.9 Å². The normalized spacial score (nSPS) is 10.9. The topological polar surface area (TPSA) is 86.2 Å². The summed E-state index contributed by atoms with van der Waals surface area (Å²) < 4.78 is 16.9. The van der Waals surface area contributed by atoms with E-state index in [0.717, 1.165) is 10.1 Å². The molecular formula is C25H19ClN2O5S. The quantitative estimate of drug-likeness (QED) is 0.157. The van der Waals surface area contributed by atoms with Crippen molar-refractivity contribution in [3.8, 4) is 17.2 Å². The molecule has 0 fully saturated rings. The number of rotatable bonds is 7. The summed E-state index contributed by atoms with van der Waals surface area (Å²) in [4.78, 5) is 25.6. The molecule has 0 atom stereocenters. The van der Waals surface area contributed by atoms with Crippen LogP contribution in [-0.4, -0.2) is 32.3 Å². The zero-order valence-electron chi connectivity index (χ0n) is 18.2. The summed E-state index contributed by atoms with van der Waals surface area (Å²) in [5.41, 5.74) is 3.29. The highest BCUT2D eigenvalue weighted by Gasteiger charge is 2.19. The van der Waals surface area contributed by atoms with Gasteiger partial charge in [0.1, 0.15) is 10.6 Å². The molecule has 0 saturated carbocycles. The van der Waals surface area contributed by atoms with E-state index in [-0.39, 0.29) is 5.75 Å². The van der Waals surface area contributed by atoms with E-state index in [9.17, 15) is 9.59 Å². The summed E-state index contributed by atoms with van der Waals surface area (Å²) in [5, 5.41) is 5.16. The fourth-order valence-electron chi connectivity index (χ4n) is 3.17. The van der Waals surface area contributed by atoms with Gasteiger partial charge in [-0.3, -0.25) is 4.79 Å². The highest BCUT2D eigenvalue weighted by Crippen LogP contribution is 2.36. The molecule has 172 valence electrons. The number of benzene rings is 3. The van der Waals surface area contributed by atoms with Gasteiger partial charge in [0, 0.05) is 21.2 Å². The highest BCUT2D eigenvalue weighted by atomic mass is 35.5. The third-order valence-electron chi connectivity index (χ3n) is 4.86. The summed E-state index contributed by atoms with van der Waals surface area (Å²) in [6.07, 6.45) is 1.40. The van der Waals surface area contributed by atoms with E-state index >= 15 is 0 Å². The summed E-state index contributed by atoms with van der Waals surface area (Å²) >= 11 is 7.66. The Morgan fingerprint density at radius 2 is 1.68 bits per heavy atom. The second-order valence-electron chi connectivity index (χ2n) is 6.94. The molecule has 0 radical (unpaired) electrons. The number of hydrazone groups is 1. The van der Waals surface area contributed by atoms with Gasteiger partial charge >= 0.3 is 5.97 Å². The van der Waals surface area contributed by atoms with Gasteiger partial charge in [0.15, 0.2) is 11.5 Å². The van der Waals surface area contributed by atoms with Crippen molar-refractivity contribution in [2.24, 2.45) is 5.10 Å². The second-order valence-corrected chi connectivity index (χ2v) is 8.37. The minimum atomic E-state index is -0.568. The van der Waals surface area contributed by atoms with Gasteiger partial charge in [0.05, 0.1) is 25.5 Å². The third-order valence-corrected chi connectivity index (χ3v) is 6.51. The number of nitrogens with zero attached hydrogens (tertiary/aromatic N) is 1. The Kier molecular flexibility index (Phi) is 7.10. The molecule has 1 amide bonds. The van der Waals surface area contributed by atoms with Crippen LogP contribution in [-0.2, 0) is 0 Å². The van der Waals surface area contributed by atoms with Crippen molar-refractivity contribution in [3.63, 3.8) is 0 Å². The Bertz CT molecular complexity index is 1400. The monoisotopic (exact) mass is 494 g/mol. The van der Waals surface area contributed by atoms with Crippen LogP contribution in [0.25, 0.3) is 10.1 Å². The SMILES string of the molecule is COc1ccc(C(=O)N/N=C\c2ccccc2OC(=O)c2sc3ccccc3c2Cl)cc1OC. The summed E-state index contributed by atoms with van der Waals surface area (Å²) in [6, 6.07) is 19.1. The highest BCUT2D eigenvalue weighted by molar-refractivity contribution is 7.21. The van der Waals surface area contributed by atoms with Crippen molar-refractivity contribution < 1.29 is 23.8 Å². The van der Waals surface area contributed by atoms with Crippen LogP contribution < -0.4 is 19.6 Å². The molecule has 0 unspecified atom stereocenters. The van der Waals surface area contributed by atoms with Crippen LogP contribution in [0.4, 0.5) is 0 Å². The molecule has 1 heterocycles. The smallest absolute Gasteiger partial charge is 0.355 e. The van der Waals surface area contributed by atoms with Crippen LogP contribution in [0, 0.1) is 0 Å². The van der Waals surface area contributed by atoms with E-state index in [1.807, 2.05) is 24.3 Å². The lowest BCUT2D eigenvalue weighted by molar-refractivity contribution is 0.0739. The Balaban J connectivity index is 1.48. The molecular weight excluding hydrogens is 476 g/mol. The minimum absolute atomic E-state index is 0.283. The van der Waals surface area contributed by atoms with Gasteiger partial charge in [-0.25, -0.2) is 10.2 Å². The van der Waals surface area contributed by atoms with E-state index in [0.29, 0.717) is 32.5 Å². The molecule has 1 aromatic heterocycles. The number of carbonyl (C=O) groups excluding carboxylic acids is 2. The summed E-state index contributed by atoms with van der Waals surface area (Å²) in [7, 11) is 3.00. The standard InChI is InChI=1S/C25H19ClN2O5S/c1-31-19-12-11-15(13-20(19)32-2)24(29)28-27-14-16-7-3-5-9-18(16)33-25(30)23-22(26)17-8-4-6-10-21(17)34-23/h3-14H,1-2H3,(H,28,29)/b27-14-. The van der Waals surface area contributed by atoms with Crippen molar-refractivity contribution in [2.75, 3.05) is 14.2 Å². The van der Waals surface area contributed by atoms with E-state index < -0.39 is 11.9 Å². The average Bonchev–Trinajstić information content (AvgIpc) is 3.21. The van der Waals surface area contributed by atoms with Crippen LogP contribution in [0.5, 0.6) is 17.2 Å². The van der Waals surface area contributed by atoms with Gasteiger partial charge < -0.3 is 14.2 Å². The fraction of sp³-hybridized carbons (Fsp3) is 0.0800. The Morgan fingerprint density at radius 1 is 0.941 bits per heavy atom. The van der Waals surface area contributed by atoms with Gasteiger partial charge in [-0.2, -0.15) is 5.10 Å². The van der Waals surface area contributed by atoms with E-state index in [2.05, 4.69) is 10.5 Å². The first-order chi connectivity index (χ1) is 16.5. The first-order valence-corrected chi connectivity index (χ1v) is 11.2. The molecule has 0 aliphatic carbocycles. The van der Waals surface area contributed by atoms with Crippen molar-refractivity contribution in [3.05, 3.63) is 87.8 Å². The van der Waals surface area contributed by atoms with Crippen LogP contribution in [0.15, 0.2) is 71.8 Å². The number of thiophene rings is 1. The van der Waals surface area contributed by atoms with Crippen molar-refractivity contribution in [1.29, 1.82) is 0 Å². The zero-order valence-corrected chi connectivity index (χ0v) is 19.8. The molecule has 0 aliphatic heterocycles. The molecule has 0 saturated heterocycles. The van der Waals surface area contributed by atoms with Crippen molar-refractivity contribution >= 4 is 51.1 Å². The van der Waals surface area contributed by atoms with Crippen molar-refractivity contribution in [2.45, 2.75) is 0 Å². The maximum Gasteiger partial charge on any atom is 0.355 e. The number of ether oxygens (including phenoxy) is 3. The zero-order chi connectivity index (χ0) is 24.1. The molecule has 0 aliphatic rings. The fourth-order valence-corrected chi connectivity index (χ4v) is 4.56. The largest absolute Gasteiger partial charge is 0.493 e. The van der Waals surface area contributed by atoms with Gasteiger partial charge in [0.2, 0.25) is 0 Å². The Hall–Kier alpha value is -3.88. The van der Waals surface area contributed by atoms with E-state index in [1.165, 1.54) is 31.8 Å². The van der Waals surface area contributed by atoms with E-state index in [1.54, 1.807) is 42.5 Å². The number of carbonyl (C=O) groups is 2. The molecule has 0 spiro atoms. The lowest BCUT2D eigenvalue weighted by Gasteiger charge is -2.09. The first kappa shape index (κ1) is 23.3. The van der Waals surface area contributed by atoms with Crippen LogP contribution in [0.1, 0.15) is 25.6 Å². The Morgan fingerprint density at radius 3 is 2.44 bits per heavy atom. The lowest BCUT2D eigenvalue weighted by Crippen LogP contribution is -2.18. The minimum Gasteiger partial charge on any atom is -0.493 e. The number of halogens is 1. The second kappa shape index (κ2) is 10.4. The predicted octanol–water partition coefficient (Wildman–Crippen LogP) is 5.56. The Labute approximate surface area is 204 Å². The number of fused-ring (bicyclic) bond motifs is 1. The predicted molar refractivity (Wildman–Crippen MR) is 133 cm³/mol. The van der Waals surface area contributed by atoms with Crippen LogP contribution >= 0.6 is 22.9 Å². The number of methoxy groups -OCH3 is 2. The molecule has 1 N–H and O–H groups in total. The number of esters is 1. The summed E-state index contributed by atoms with van der Waals surface area (Å²) in [5.74, 6) is 0.212. The molecule has 4 aromatic rings. The number of amides is 1. The molecule has 7 nitrogen and oxygen atoms in total. The maximum absolute atomic E-state index is 12.8. The molecule has 3 aromatic carbocycles. The third kappa shape index (κ3) is 4.88. The summed E-state index contributed by atoms with van der Waals surface area (Å²) in [6.45, 7) is 0. The average molecular weight is 495 g/mol. The molecule has 4 rings (SSSR count). The van der Waals surface area contributed by atoms with Gasteiger partial charge in [-0.05, 0) is 36.4 Å². The first-order valence-electron chi connectivity index (χ1n) is 10.1. The number of hydrogen-bond acceptors (Lipinski definition) is 7. The number of nitrogens with one attached hydrogen (secondary N) is 1. The molecule has 0 bridgehead atoms. The van der Waals surface area contributed by atoms with E-state index in [4.69, 9.17) is 25.8 Å². The lowest BCUT2D eigenvalue weighted by atomic mass is 10.2. The van der Waals surface area contributed by atoms with Crippen LogP contribution in [0.2, 0.25) is 5.02 Å². The maximum atomic E-state index is 12.8. The molecule has 9 heteroatoms. The van der Waals surface area contributed by atoms with Crippen LogP contribution in [0.3, 0.4) is 0 Å². The number of hydrogen-bond donors (Lipinski definition) is 1. The van der Waals surface area contributed by atoms with Crippen molar-refractivity contribution in [1.82, 2.24) is 5.43 Å².